The molecular weight excluding hydrogens is 262 g/mol. The number of aromatic nitrogens is 1. The van der Waals surface area contributed by atoms with Gasteiger partial charge < -0.3 is 15.4 Å². The van der Waals surface area contributed by atoms with Gasteiger partial charge in [-0.1, -0.05) is 23.7 Å². The normalized spacial score (nSPS) is 14.5. The molecule has 0 radical (unpaired) electrons. The zero-order valence-electron chi connectivity index (χ0n) is 10.3. The van der Waals surface area contributed by atoms with Gasteiger partial charge in [0.1, 0.15) is 5.75 Å². The van der Waals surface area contributed by atoms with Crippen molar-refractivity contribution < 1.29 is 4.74 Å². The quantitative estimate of drug-likeness (QED) is 0.868. The number of rotatable bonds is 1. The summed E-state index contributed by atoms with van der Waals surface area (Å²) in [5.74, 6) is 1.58. The van der Waals surface area contributed by atoms with E-state index >= 15 is 0 Å². The summed E-state index contributed by atoms with van der Waals surface area (Å²) < 4.78 is 5.73. The van der Waals surface area contributed by atoms with Gasteiger partial charge in [0.2, 0.25) is 0 Å². The van der Waals surface area contributed by atoms with Crippen molar-refractivity contribution in [3.63, 3.8) is 0 Å². The molecule has 2 aromatic rings. The van der Waals surface area contributed by atoms with Crippen LogP contribution >= 0.6 is 11.6 Å². The smallest absolute Gasteiger partial charge is 0.156 e. The number of halogens is 1. The summed E-state index contributed by atoms with van der Waals surface area (Å²) in [5.41, 5.74) is 7.59. The highest BCUT2D eigenvalue weighted by Crippen LogP contribution is 2.37. The summed E-state index contributed by atoms with van der Waals surface area (Å²) >= 11 is 5.90. The number of hydrogen-bond acceptors (Lipinski definition) is 4. The van der Waals surface area contributed by atoms with Gasteiger partial charge in [-0.05, 0) is 24.6 Å². The zero-order chi connectivity index (χ0) is 13.2. The monoisotopic (exact) mass is 275 g/mol. The van der Waals surface area contributed by atoms with Crippen molar-refractivity contribution in [2.45, 2.75) is 6.42 Å². The van der Waals surface area contributed by atoms with Crippen LogP contribution in [0.25, 0.3) is 0 Å². The molecule has 0 saturated heterocycles. The molecule has 5 heteroatoms. The molecule has 1 aromatic heterocycles. The van der Waals surface area contributed by atoms with Crippen LogP contribution in [0.4, 0.5) is 17.2 Å². The second kappa shape index (κ2) is 4.97. The minimum Gasteiger partial charge on any atom is -0.491 e. The first-order valence-corrected chi connectivity index (χ1v) is 6.54. The van der Waals surface area contributed by atoms with E-state index < -0.39 is 0 Å². The standard InChI is InChI=1S/C14H14ClN3O/c15-10-8-11(16)14(17-9-10)18-6-3-7-19-13-5-2-1-4-12(13)18/h1-2,4-5,8-9H,3,6-7,16H2. The fraction of sp³-hybridized carbons (Fsp3) is 0.214. The van der Waals surface area contributed by atoms with Crippen LogP contribution in [-0.4, -0.2) is 18.1 Å². The molecule has 2 heterocycles. The molecule has 0 bridgehead atoms. The van der Waals surface area contributed by atoms with E-state index in [0.717, 1.165) is 30.2 Å². The number of para-hydroxylation sites is 2. The van der Waals surface area contributed by atoms with Gasteiger partial charge in [0.15, 0.2) is 5.82 Å². The lowest BCUT2D eigenvalue weighted by Crippen LogP contribution is -2.20. The Morgan fingerprint density at radius 2 is 2.16 bits per heavy atom. The van der Waals surface area contributed by atoms with Gasteiger partial charge in [-0.25, -0.2) is 4.98 Å². The van der Waals surface area contributed by atoms with Gasteiger partial charge in [0.25, 0.3) is 0 Å². The summed E-state index contributed by atoms with van der Waals surface area (Å²) in [5, 5.41) is 0.542. The number of fused-ring (bicyclic) bond motifs is 1. The summed E-state index contributed by atoms with van der Waals surface area (Å²) in [6, 6.07) is 9.63. The summed E-state index contributed by atoms with van der Waals surface area (Å²) in [6.07, 6.45) is 2.53. The number of nitrogen functional groups attached to an aromatic ring is 1. The van der Waals surface area contributed by atoms with Gasteiger partial charge in [0, 0.05) is 12.7 Å². The van der Waals surface area contributed by atoms with Crippen LogP contribution in [0.3, 0.4) is 0 Å². The third kappa shape index (κ3) is 2.31. The Balaban J connectivity index is 2.09. The van der Waals surface area contributed by atoms with Gasteiger partial charge in [-0.15, -0.1) is 0 Å². The first-order chi connectivity index (χ1) is 9.25. The third-order valence-electron chi connectivity index (χ3n) is 3.06. The predicted octanol–water partition coefficient (Wildman–Crippen LogP) is 3.24. The maximum absolute atomic E-state index is 6.03. The number of anilines is 3. The molecule has 19 heavy (non-hydrogen) atoms. The Hall–Kier alpha value is -1.94. The van der Waals surface area contributed by atoms with Crippen molar-refractivity contribution in [2.24, 2.45) is 0 Å². The zero-order valence-corrected chi connectivity index (χ0v) is 11.1. The summed E-state index contributed by atoms with van der Waals surface area (Å²) in [7, 11) is 0. The third-order valence-corrected chi connectivity index (χ3v) is 3.26. The number of pyridine rings is 1. The van der Waals surface area contributed by atoms with E-state index in [4.69, 9.17) is 22.1 Å². The Kier molecular flexibility index (Phi) is 3.17. The largest absolute Gasteiger partial charge is 0.491 e. The molecule has 1 aliphatic rings. The Morgan fingerprint density at radius 1 is 1.32 bits per heavy atom. The molecule has 2 N–H and O–H groups in total. The number of hydrogen-bond donors (Lipinski definition) is 1. The highest BCUT2D eigenvalue weighted by Gasteiger charge is 2.20. The minimum atomic E-state index is 0.542. The second-order valence-electron chi connectivity index (χ2n) is 4.39. The molecule has 1 aromatic carbocycles. The van der Waals surface area contributed by atoms with Gasteiger partial charge in [-0.3, -0.25) is 0 Å². The van der Waals surface area contributed by atoms with E-state index in [2.05, 4.69) is 9.88 Å². The van der Waals surface area contributed by atoms with Crippen molar-refractivity contribution in [1.29, 1.82) is 0 Å². The van der Waals surface area contributed by atoms with E-state index in [0.29, 0.717) is 17.3 Å². The molecular formula is C14H14ClN3O. The second-order valence-corrected chi connectivity index (χ2v) is 4.82. The average molecular weight is 276 g/mol. The molecule has 0 amide bonds. The van der Waals surface area contributed by atoms with Crippen molar-refractivity contribution in [1.82, 2.24) is 4.98 Å². The van der Waals surface area contributed by atoms with Gasteiger partial charge >= 0.3 is 0 Å². The molecule has 4 nitrogen and oxygen atoms in total. The fourth-order valence-electron chi connectivity index (χ4n) is 2.22. The number of ether oxygens (including phenoxy) is 1. The van der Waals surface area contributed by atoms with Crippen molar-refractivity contribution in [2.75, 3.05) is 23.8 Å². The van der Waals surface area contributed by atoms with Crippen LogP contribution in [0.1, 0.15) is 6.42 Å². The lowest BCUT2D eigenvalue weighted by Gasteiger charge is -2.23. The predicted molar refractivity (Wildman–Crippen MR) is 77.2 cm³/mol. The van der Waals surface area contributed by atoms with Gasteiger partial charge in [-0.2, -0.15) is 0 Å². The van der Waals surface area contributed by atoms with Crippen molar-refractivity contribution in [3.05, 3.63) is 41.6 Å². The maximum atomic E-state index is 6.03. The highest BCUT2D eigenvalue weighted by atomic mass is 35.5. The van der Waals surface area contributed by atoms with E-state index in [1.807, 2.05) is 24.3 Å². The van der Waals surface area contributed by atoms with E-state index in [1.54, 1.807) is 12.3 Å². The molecule has 0 atom stereocenters. The van der Waals surface area contributed by atoms with Crippen LogP contribution in [0.15, 0.2) is 36.5 Å². The first kappa shape index (κ1) is 12.1. The summed E-state index contributed by atoms with van der Waals surface area (Å²) in [6.45, 7) is 1.51. The van der Waals surface area contributed by atoms with Gasteiger partial charge in [0.05, 0.1) is 23.0 Å². The molecule has 3 rings (SSSR count). The number of nitrogens with two attached hydrogens (primary N) is 1. The highest BCUT2D eigenvalue weighted by molar-refractivity contribution is 6.30. The molecule has 1 aliphatic heterocycles. The number of benzene rings is 1. The molecule has 0 fully saturated rings. The van der Waals surface area contributed by atoms with Crippen LogP contribution < -0.4 is 15.4 Å². The lowest BCUT2D eigenvalue weighted by atomic mass is 10.2. The van der Waals surface area contributed by atoms with E-state index in [9.17, 15) is 0 Å². The average Bonchev–Trinajstić information content (AvgIpc) is 2.61. The Morgan fingerprint density at radius 3 is 3.00 bits per heavy atom. The van der Waals surface area contributed by atoms with Crippen molar-refractivity contribution >= 4 is 28.8 Å². The maximum Gasteiger partial charge on any atom is 0.156 e. The molecule has 0 spiro atoms. The Bertz CT molecular complexity index is 603. The minimum absolute atomic E-state index is 0.542. The molecule has 0 saturated carbocycles. The van der Waals surface area contributed by atoms with Crippen LogP contribution in [0, 0.1) is 0 Å². The number of nitrogens with zero attached hydrogens (tertiary/aromatic N) is 2. The van der Waals surface area contributed by atoms with Crippen LogP contribution in [0.2, 0.25) is 5.02 Å². The van der Waals surface area contributed by atoms with E-state index in [-0.39, 0.29) is 0 Å². The lowest BCUT2D eigenvalue weighted by molar-refractivity contribution is 0.322. The first-order valence-electron chi connectivity index (χ1n) is 6.16. The van der Waals surface area contributed by atoms with Crippen LogP contribution in [-0.2, 0) is 0 Å². The van der Waals surface area contributed by atoms with Crippen molar-refractivity contribution in [3.8, 4) is 5.75 Å². The SMILES string of the molecule is Nc1cc(Cl)cnc1N1CCCOc2ccccc21. The molecule has 98 valence electrons. The molecule has 0 aliphatic carbocycles. The van der Waals surface area contributed by atoms with E-state index in [1.165, 1.54) is 0 Å². The molecule has 0 unspecified atom stereocenters. The van der Waals surface area contributed by atoms with Crippen LogP contribution in [0.5, 0.6) is 5.75 Å². The topological polar surface area (TPSA) is 51.4 Å². The fourth-order valence-corrected chi connectivity index (χ4v) is 2.39. The Labute approximate surface area is 116 Å². The summed E-state index contributed by atoms with van der Waals surface area (Å²) in [4.78, 5) is 6.43.